The molecular weight excluding hydrogens is 248 g/mol. The Kier molecular flexibility index (Phi) is 3.72. The van der Waals surface area contributed by atoms with E-state index < -0.39 is 0 Å². The normalized spacial score (nSPS) is 10.6. The predicted molar refractivity (Wildman–Crippen MR) is 72.0 cm³/mol. The van der Waals surface area contributed by atoms with Gasteiger partial charge < -0.3 is 10.1 Å². The van der Waals surface area contributed by atoms with Crippen molar-refractivity contribution in [2.75, 3.05) is 0 Å². The molecule has 2 aromatic rings. The summed E-state index contributed by atoms with van der Waals surface area (Å²) in [5.41, 5.74) is 1.15. The number of hydrogen-bond acceptors (Lipinski definition) is 4. The van der Waals surface area contributed by atoms with Crippen LogP contribution in [0, 0.1) is 13.8 Å². The molecule has 5 heteroatoms. The van der Waals surface area contributed by atoms with Crippen molar-refractivity contribution in [1.82, 2.24) is 9.97 Å². The van der Waals surface area contributed by atoms with Crippen LogP contribution in [0.25, 0.3) is 0 Å². The van der Waals surface area contributed by atoms with Gasteiger partial charge in [0.05, 0.1) is 11.3 Å². The molecule has 0 atom stereocenters. The number of H-pyrrole nitrogens is 1. The van der Waals surface area contributed by atoms with E-state index in [4.69, 9.17) is 0 Å². The Balaban J connectivity index is 2.14. The minimum Gasteiger partial charge on any atom is -0.493 e. The van der Waals surface area contributed by atoms with E-state index in [-0.39, 0.29) is 17.0 Å². The van der Waals surface area contributed by atoms with Gasteiger partial charge in [0.2, 0.25) is 5.88 Å². The van der Waals surface area contributed by atoms with Crippen LogP contribution in [0.1, 0.15) is 17.0 Å². The summed E-state index contributed by atoms with van der Waals surface area (Å²) in [5.74, 6) is 0.806. The first-order valence-electron chi connectivity index (χ1n) is 5.54. The molecule has 0 bridgehead atoms. The third-order valence-corrected chi connectivity index (χ3v) is 3.54. The summed E-state index contributed by atoms with van der Waals surface area (Å²) in [6.07, 6.45) is 0. The van der Waals surface area contributed by atoms with E-state index in [2.05, 4.69) is 16.0 Å². The zero-order valence-corrected chi connectivity index (χ0v) is 11.0. The lowest BCUT2D eigenvalue weighted by molar-refractivity contribution is 0.444. The highest BCUT2D eigenvalue weighted by atomic mass is 32.2. The Morgan fingerprint density at radius 2 is 2.17 bits per heavy atom. The van der Waals surface area contributed by atoms with Gasteiger partial charge in [-0.25, -0.2) is 0 Å². The van der Waals surface area contributed by atoms with E-state index in [1.165, 1.54) is 5.56 Å². The fourth-order valence-corrected chi connectivity index (χ4v) is 2.38. The van der Waals surface area contributed by atoms with E-state index in [9.17, 15) is 9.90 Å². The maximum atomic E-state index is 11.5. The highest BCUT2D eigenvalue weighted by molar-refractivity contribution is 7.98. The summed E-state index contributed by atoms with van der Waals surface area (Å²) in [5, 5.41) is 9.48. The van der Waals surface area contributed by atoms with Crippen molar-refractivity contribution in [3.8, 4) is 5.88 Å². The van der Waals surface area contributed by atoms with Gasteiger partial charge in [0.1, 0.15) is 5.82 Å². The van der Waals surface area contributed by atoms with Gasteiger partial charge in [0.15, 0.2) is 0 Å². The van der Waals surface area contributed by atoms with Crippen LogP contribution in [0.15, 0.2) is 34.0 Å². The smallest absolute Gasteiger partial charge is 0.257 e. The van der Waals surface area contributed by atoms with Gasteiger partial charge in [0.25, 0.3) is 5.56 Å². The number of aromatic hydroxyl groups is 1. The molecule has 1 aromatic heterocycles. The van der Waals surface area contributed by atoms with Crippen LogP contribution in [0.3, 0.4) is 0 Å². The molecule has 0 saturated carbocycles. The van der Waals surface area contributed by atoms with Gasteiger partial charge in [-0.3, -0.25) is 4.79 Å². The molecule has 1 aromatic carbocycles. The molecule has 18 heavy (non-hydrogen) atoms. The molecule has 0 radical (unpaired) electrons. The van der Waals surface area contributed by atoms with Crippen molar-refractivity contribution >= 4 is 11.8 Å². The molecule has 2 rings (SSSR count). The van der Waals surface area contributed by atoms with E-state index in [0.717, 1.165) is 4.90 Å². The molecule has 0 aliphatic rings. The molecule has 0 fully saturated rings. The second-order valence-electron chi connectivity index (χ2n) is 4.07. The van der Waals surface area contributed by atoms with Gasteiger partial charge in [-0.1, -0.05) is 17.7 Å². The van der Waals surface area contributed by atoms with Crippen LogP contribution in [-0.4, -0.2) is 15.1 Å². The van der Waals surface area contributed by atoms with E-state index >= 15 is 0 Å². The largest absolute Gasteiger partial charge is 0.493 e. The predicted octanol–water partition coefficient (Wildman–Crippen LogP) is 2.38. The molecule has 2 N–H and O–H groups in total. The van der Waals surface area contributed by atoms with E-state index in [1.54, 1.807) is 18.7 Å². The van der Waals surface area contributed by atoms with Crippen LogP contribution < -0.4 is 5.56 Å². The highest BCUT2D eigenvalue weighted by Crippen LogP contribution is 2.22. The molecule has 1 heterocycles. The maximum absolute atomic E-state index is 11.5. The monoisotopic (exact) mass is 262 g/mol. The van der Waals surface area contributed by atoms with Gasteiger partial charge in [0, 0.05) is 4.90 Å². The number of aromatic amines is 1. The van der Waals surface area contributed by atoms with E-state index in [0.29, 0.717) is 11.6 Å². The van der Waals surface area contributed by atoms with Crippen LogP contribution in [0.5, 0.6) is 5.88 Å². The minimum absolute atomic E-state index is 0.196. The number of thioether (sulfide) groups is 1. The summed E-state index contributed by atoms with van der Waals surface area (Å²) in [7, 11) is 0. The third kappa shape index (κ3) is 2.92. The lowest BCUT2D eigenvalue weighted by Gasteiger charge is -2.04. The first-order chi connectivity index (χ1) is 8.56. The molecule has 0 aliphatic heterocycles. The average molecular weight is 262 g/mol. The molecule has 0 amide bonds. The molecule has 4 nitrogen and oxygen atoms in total. The highest BCUT2D eigenvalue weighted by Gasteiger charge is 2.06. The first kappa shape index (κ1) is 12.7. The number of benzene rings is 1. The second kappa shape index (κ2) is 5.27. The summed E-state index contributed by atoms with van der Waals surface area (Å²) in [6, 6.07) is 8.09. The number of rotatable bonds is 3. The first-order valence-corrected chi connectivity index (χ1v) is 6.53. The van der Waals surface area contributed by atoms with Crippen molar-refractivity contribution in [1.29, 1.82) is 0 Å². The van der Waals surface area contributed by atoms with Crippen LogP contribution >= 0.6 is 11.8 Å². The minimum atomic E-state index is -0.289. The fraction of sp³-hybridized carbons (Fsp3) is 0.231. The average Bonchev–Trinajstić information content (AvgIpc) is 2.33. The number of aryl methyl sites for hydroxylation is 1. The summed E-state index contributed by atoms with van der Waals surface area (Å²) < 4.78 is 0. The summed E-state index contributed by atoms with van der Waals surface area (Å²) in [6.45, 7) is 3.57. The van der Waals surface area contributed by atoms with Crippen molar-refractivity contribution in [3.63, 3.8) is 0 Å². The number of nitrogens with zero attached hydrogens (tertiary/aromatic N) is 1. The van der Waals surface area contributed by atoms with Gasteiger partial charge in [-0.2, -0.15) is 4.98 Å². The van der Waals surface area contributed by atoms with Gasteiger partial charge in [-0.05, 0) is 26.0 Å². The second-order valence-corrected chi connectivity index (χ2v) is 5.12. The molecule has 0 saturated heterocycles. The van der Waals surface area contributed by atoms with Crippen molar-refractivity contribution in [2.45, 2.75) is 24.5 Å². The Labute approximate surface area is 109 Å². The maximum Gasteiger partial charge on any atom is 0.257 e. The number of aromatic nitrogens is 2. The fourth-order valence-electron chi connectivity index (χ4n) is 1.49. The van der Waals surface area contributed by atoms with E-state index in [1.807, 2.05) is 25.1 Å². The van der Waals surface area contributed by atoms with Crippen molar-refractivity contribution < 1.29 is 5.11 Å². The lowest BCUT2D eigenvalue weighted by atomic mass is 10.2. The van der Waals surface area contributed by atoms with Crippen LogP contribution in [-0.2, 0) is 5.75 Å². The zero-order valence-electron chi connectivity index (χ0n) is 10.2. The number of hydrogen-bond donors (Lipinski definition) is 2. The van der Waals surface area contributed by atoms with Gasteiger partial charge in [-0.15, -0.1) is 11.8 Å². The van der Waals surface area contributed by atoms with Crippen molar-refractivity contribution in [3.05, 3.63) is 51.6 Å². The summed E-state index contributed by atoms with van der Waals surface area (Å²) in [4.78, 5) is 19.2. The molecule has 0 unspecified atom stereocenters. The zero-order chi connectivity index (χ0) is 13.1. The SMILES string of the molecule is Cc1cccc(SCc2nc(O)c(C)c(=O)[nH]2)c1. The van der Waals surface area contributed by atoms with Gasteiger partial charge >= 0.3 is 0 Å². The van der Waals surface area contributed by atoms with Crippen LogP contribution in [0.2, 0.25) is 0 Å². The molecule has 94 valence electrons. The Morgan fingerprint density at radius 1 is 1.39 bits per heavy atom. The summed E-state index contributed by atoms with van der Waals surface area (Å²) >= 11 is 1.57. The third-order valence-electron chi connectivity index (χ3n) is 2.54. The Morgan fingerprint density at radius 3 is 2.83 bits per heavy atom. The Bertz CT molecular complexity index is 623. The van der Waals surface area contributed by atoms with Crippen LogP contribution in [0.4, 0.5) is 0 Å². The lowest BCUT2D eigenvalue weighted by Crippen LogP contribution is -2.13. The molecular formula is C13H14N2O2S. The van der Waals surface area contributed by atoms with Crippen molar-refractivity contribution in [2.24, 2.45) is 0 Å². The standard InChI is InChI=1S/C13H14N2O2S/c1-8-4-3-5-10(6-8)18-7-11-14-12(16)9(2)13(17)15-11/h3-6H,7H2,1-2H3,(H2,14,15,16,17). The topological polar surface area (TPSA) is 66.0 Å². The quantitative estimate of drug-likeness (QED) is 0.833. The Hall–Kier alpha value is -1.75. The molecule has 0 aliphatic carbocycles. The molecule has 0 spiro atoms. The number of nitrogens with one attached hydrogen (secondary N) is 1.